The number of anilines is 1. The molecule has 1 heterocycles. The van der Waals surface area contributed by atoms with Gasteiger partial charge in [0, 0.05) is 18.3 Å². The van der Waals surface area contributed by atoms with Gasteiger partial charge < -0.3 is 10.1 Å². The first-order valence-corrected chi connectivity index (χ1v) is 11.9. The third kappa shape index (κ3) is 5.12. The molecule has 31 heavy (non-hydrogen) atoms. The molecule has 166 valence electrons. The highest BCUT2D eigenvalue weighted by atomic mass is 16.5. The summed E-state index contributed by atoms with van der Waals surface area (Å²) in [6, 6.07) is 17.0. The molecule has 4 nitrogen and oxygen atoms in total. The van der Waals surface area contributed by atoms with Crippen molar-refractivity contribution >= 4 is 11.6 Å². The van der Waals surface area contributed by atoms with Gasteiger partial charge in [0.25, 0.3) is 0 Å². The minimum Gasteiger partial charge on any atom is -0.492 e. The van der Waals surface area contributed by atoms with Crippen LogP contribution in [0.4, 0.5) is 5.69 Å². The Hall–Kier alpha value is -2.33. The Morgan fingerprint density at radius 3 is 2.42 bits per heavy atom. The molecule has 1 N–H and O–H groups in total. The van der Waals surface area contributed by atoms with Crippen LogP contribution >= 0.6 is 0 Å². The van der Waals surface area contributed by atoms with Gasteiger partial charge in [-0.1, -0.05) is 49.1 Å². The van der Waals surface area contributed by atoms with Gasteiger partial charge in [0.1, 0.15) is 12.4 Å². The van der Waals surface area contributed by atoms with Gasteiger partial charge in [-0.2, -0.15) is 0 Å². The summed E-state index contributed by atoms with van der Waals surface area (Å²) in [6.07, 6.45) is 7.96. The van der Waals surface area contributed by atoms with Crippen molar-refractivity contribution in [3.05, 3.63) is 59.7 Å². The fourth-order valence-corrected chi connectivity index (χ4v) is 5.15. The van der Waals surface area contributed by atoms with Crippen LogP contribution in [0.15, 0.2) is 48.5 Å². The average molecular weight is 421 g/mol. The molecule has 1 unspecified atom stereocenters. The van der Waals surface area contributed by atoms with Crippen LogP contribution in [0, 0.1) is 6.92 Å². The molecule has 2 aromatic carbocycles. The lowest BCUT2D eigenvalue weighted by Crippen LogP contribution is -2.39. The van der Waals surface area contributed by atoms with E-state index < -0.39 is 5.41 Å². The molecule has 0 aromatic heterocycles. The Balaban J connectivity index is 1.34. The zero-order valence-electron chi connectivity index (χ0n) is 19.0. The molecule has 0 bridgehead atoms. The zero-order chi connectivity index (χ0) is 21.7. The second-order valence-electron chi connectivity index (χ2n) is 9.36. The normalized spacial score (nSPS) is 21.0. The molecule has 1 saturated carbocycles. The molecule has 1 aliphatic carbocycles. The number of nitrogens with zero attached hydrogens (tertiary/aromatic N) is 1. The van der Waals surface area contributed by atoms with Crippen LogP contribution in [-0.4, -0.2) is 36.5 Å². The largest absolute Gasteiger partial charge is 0.492 e. The first-order valence-electron chi connectivity index (χ1n) is 11.9. The summed E-state index contributed by atoms with van der Waals surface area (Å²) in [5.41, 5.74) is 2.79. The van der Waals surface area contributed by atoms with E-state index in [2.05, 4.69) is 48.3 Å². The van der Waals surface area contributed by atoms with E-state index in [1.165, 1.54) is 31.4 Å². The first kappa shape index (κ1) is 21.9. The summed E-state index contributed by atoms with van der Waals surface area (Å²) in [7, 11) is 0. The Morgan fingerprint density at radius 2 is 1.74 bits per heavy atom. The van der Waals surface area contributed by atoms with Gasteiger partial charge >= 0.3 is 0 Å². The summed E-state index contributed by atoms with van der Waals surface area (Å²) in [5, 5.41) is 3.18. The van der Waals surface area contributed by atoms with Crippen molar-refractivity contribution in [1.82, 2.24) is 4.90 Å². The van der Waals surface area contributed by atoms with E-state index in [1.54, 1.807) is 0 Å². The topological polar surface area (TPSA) is 41.6 Å². The van der Waals surface area contributed by atoms with Crippen molar-refractivity contribution in [2.24, 2.45) is 0 Å². The van der Waals surface area contributed by atoms with Gasteiger partial charge in [-0.25, -0.2) is 0 Å². The van der Waals surface area contributed by atoms with Gasteiger partial charge in [-0.05, 0) is 75.9 Å². The van der Waals surface area contributed by atoms with Crippen LogP contribution in [0.3, 0.4) is 0 Å². The van der Waals surface area contributed by atoms with E-state index >= 15 is 0 Å². The monoisotopic (exact) mass is 420 g/mol. The Labute approximate surface area is 187 Å². The van der Waals surface area contributed by atoms with E-state index in [4.69, 9.17) is 4.74 Å². The molecular weight excluding hydrogens is 384 g/mol. The maximum Gasteiger partial charge on any atom is 0.235 e. The van der Waals surface area contributed by atoms with E-state index in [-0.39, 0.29) is 5.91 Å². The Bertz CT molecular complexity index is 854. The second-order valence-corrected chi connectivity index (χ2v) is 9.36. The number of carbonyl (C=O) groups excluding carboxylic acids is 1. The van der Waals surface area contributed by atoms with E-state index in [0.29, 0.717) is 12.6 Å². The zero-order valence-corrected chi connectivity index (χ0v) is 19.0. The minimum absolute atomic E-state index is 0.113. The number of likely N-dealkylation sites (tertiary alicyclic amines) is 1. The lowest BCUT2D eigenvalue weighted by molar-refractivity contribution is -0.121. The van der Waals surface area contributed by atoms with E-state index in [1.807, 2.05) is 24.3 Å². The van der Waals surface area contributed by atoms with E-state index in [0.717, 1.165) is 49.2 Å². The summed E-state index contributed by atoms with van der Waals surface area (Å²) in [6.45, 7) is 7.25. The van der Waals surface area contributed by atoms with Crippen LogP contribution in [0.1, 0.15) is 63.0 Å². The van der Waals surface area contributed by atoms with Crippen LogP contribution in [0.25, 0.3) is 0 Å². The van der Waals surface area contributed by atoms with Gasteiger partial charge in [-0.15, -0.1) is 0 Å². The highest BCUT2D eigenvalue weighted by molar-refractivity contribution is 5.99. The predicted molar refractivity (Wildman–Crippen MR) is 127 cm³/mol. The molecule has 2 fully saturated rings. The van der Waals surface area contributed by atoms with Crippen molar-refractivity contribution in [2.45, 2.75) is 70.3 Å². The van der Waals surface area contributed by atoms with Crippen LogP contribution in [0.5, 0.6) is 5.75 Å². The molecule has 4 rings (SSSR count). The van der Waals surface area contributed by atoms with E-state index in [9.17, 15) is 4.79 Å². The van der Waals surface area contributed by atoms with Crippen LogP contribution in [-0.2, 0) is 10.2 Å². The third-order valence-corrected chi connectivity index (χ3v) is 7.20. The smallest absolute Gasteiger partial charge is 0.235 e. The molecule has 0 spiro atoms. The molecule has 1 amide bonds. The third-order valence-electron chi connectivity index (χ3n) is 7.20. The highest BCUT2D eigenvalue weighted by Gasteiger charge is 2.42. The quantitative estimate of drug-likeness (QED) is 0.625. The maximum absolute atomic E-state index is 13.3. The number of rotatable bonds is 7. The van der Waals surface area contributed by atoms with Crippen molar-refractivity contribution in [2.75, 3.05) is 25.0 Å². The van der Waals surface area contributed by atoms with Crippen molar-refractivity contribution < 1.29 is 9.53 Å². The highest BCUT2D eigenvalue weighted by Crippen LogP contribution is 2.42. The fourth-order valence-electron chi connectivity index (χ4n) is 5.15. The number of amides is 1. The van der Waals surface area contributed by atoms with Gasteiger partial charge in [0.2, 0.25) is 5.91 Å². The van der Waals surface area contributed by atoms with Gasteiger partial charge in [-0.3, -0.25) is 9.69 Å². The second kappa shape index (κ2) is 9.86. The maximum atomic E-state index is 13.3. The summed E-state index contributed by atoms with van der Waals surface area (Å²) < 4.78 is 5.96. The molecule has 0 radical (unpaired) electrons. The fraction of sp³-hybridized carbons (Fsp3) is 0.519. The predicted octanol–water partition coefficient (Wildman–Crippen LogP) is 5.70. The van der Waals surface area contributed by atoms with Crippen molar-refractivity contribution in [1.29, 1.82) is 0 Å². The first-order chi connectivity index (χ1) is 15.1. The number of ether oxygens (including phenoxy) is 1. The molecule has 1 saturated heterocycles. The summed E-state index contributed by atoms with van der Waals surface area (Å²) >= 11 is 0. The molecule has 1 aliphatic heterocycles. The number of piperidine rings is 1. The average Bonchev–Trinajstić information content (AvgIpc) is 3.28. The molecular formula is C27H36N2O2. The number of nitrogens with one attached hydrogen (secondary N) is 1. The van der Waals surface area contributed by atoms with Crippen LogP contribution in [0.2, 0.25) is 0 Å². The number of carbonyl (C=O) groups is 1. The standard InChI is InChI=1S/C27H36N2O2/c1-21-8-10-23(11-9-21)27(16-4-5-17-27)26(30)28-24-12-14-25(15-13-24)31-20-19-29-18-6-3-7-22(29)2/h8-15,22H,3-7,16-20H2,1-2H3,(H,28,30). The number of benzene rings is 2. The molecule has 2 aliphatic rings. The summed E-state index contributed by atoms with van der Waals surface area (Å²) in [4.78, 5) is 15.9. The molecule has 2 aromatic rings. The number of hydrogen-bond acceptors (Lipinski definition) is 3. The Kier molecular flexibility index (Phi) is 6.96. The SMILES string of the molecule is Cc1ccc(C2(C(=O)Nc3ccc(OCCN4CCCCC4C)cc3)CCCC2)cc1. The van der Waals surface area contributed by atoms with Crippen LogP contribution < -0.4 is 10.1 Å². The summed E-state index contributed by atoms with van der Waals surface area (Å²) in [5.74, 6) is 0.971. The van der Waals surface area contributed by atoms with Crippen molar-refractivity contribution in [3.8, 4) is 5.75 Å². The molecule has 1 atom stereocenters. The lowest BCUT2D eigenvalue weighted by atomic mass is 9.77. The minimum atomic E-state index is -0.409. The number of aryl methyl sites for hydroxylation is 1. The lowest BCUT2D eigenvalue weighted by Gasteiger charge is -2.33. The van der Waals surface area contributed by atoms with Gasteiger partial charge in [0.15, 0.2) is 0 Å². The number of hydrogen-bond donors (Lipinski definition) is 1. The molecule has 4 heteroatoms. The van der Waals surface area contributed by atoms with Gasteiger partial charge in [0.05, 0.1) is 5.41 Å². The van der Waals surface area contributed by atoms with Crippen molar-refractivity contribution in [3.63, 3.8) is 0 Å². The Morgan fingerprint density at radius 1 is 1.03 bits per heavy atom.